The van der Waals surface area contributed by atoms with Gasteiger partial charge in [0.1, 0.15) is 0 Å². The molecule has 1 aliphatic carbocycles. The average Bonchev–Trinajstić information content (AvgIpc) is 2.53. The molecule has 0 saturated heterocycles. The van der Waals surface area contributed by atoms with Gasteiger partial charge in [-0.3, -0.25) is 9.78 Å². The molecule has 0 spiro atoms. The van der Waals surface area contributed by atoms with Crippen LogP contribution in [0.5, 0.6) is 0 Å². The molecule has 2 rings (SSSR count). The molecule has 1 amide bonds. The summed E-state index contributed by atoms with van der Waals surface area (Å²) in [4.78, 5) is 27.6. The van der Waals surface area contributed by atoms with Crippen molar-refractivity contribution in [2.75, 3.05) is 7.11 Å². The van der Waals surface area contributed by atoms with E-state index < -0.39 is 5.97 Å². The molecule has 20 heavy (non-hydrogen) atoms. The van der Waals surface area contributed by atoms with E-state index in [1.54, 1.807) is 18.3 Å². The van der Waals surface area contributed by atoms with Crippen molar-refractivity contribution in [3.8, 4) is 0 Å². The second-order valence-corrected chi connectivity index (χ2v) is 5.08. The highest BCUT2D eigenvalue weighted by atomic mass is 16.5. The second-order valence-electron chi connectivity index (χ2n) is 5.08. The Morgan fingerprint density at radius 2 is 2.10 bits per heavy atom. The van der Waals surface area contributed by atoms with Gasteiger partial charge in [0.05, 0.1) is 24.9 Å². The number of carbonyl (C=O) groups is 2. The van der Waals surface area contributed by atoms with Crippen molar-refractivity contribution >= 4 is 11.9 Å². The van der Waals surface area contributed by atoms with Crippen molar-refractivity contribution in [3.63, 3.8) is 0 Å². The SMILES string of the molecule is COC(=O)c1ccnc(CNC(=O)C2CCCCC2)c1. The van der Waals surface area contributed by atoms with Crippen LogP contribution in [0.3, 0.4) is 0 Å². The fourth-order valence-electron chi connectivity index (χ4n) is 2.51. The number of esters is 1. The van der Waals surface area contributed by atoms with E-state index in [4.69, 9.17) is 0 Å². The summed E-state index contributed by atoms with van der Waals surface area (Å²) >= 11 is 0. The van der Waals surface area contributed by atoms with Crippen LogP contribution < -0.4 is 5.32 Å². The Hall–Kier alpha value is -1.91. The molecular weight excluding hydrogens is 256 g/mol. The summed E-state index contributed by atoms with van der Waals surface area (Å²) in [6.45, 7) is 0.347. The molecule has 1 heterocycles. The summed E-state index contributed by atoms with van der Waals surface area (Å²) in [6, 6.07) is 3.24. The van der Waals surface area contributed by atoms with E-state index in [0.29, 0.717) is 17.8 Å². The minimum Gasteiger partial charge on any atom is -0.465 e. The van der Waals surface area contributed by atoms with Crippen molar-refractivity contribution < 1.29 is 14.3 Å². The van der Waals surface area contributed by atoms with Crippen molar-refractivity contribution in [2.45, 2.75) is 38.6 Å². The first-order valence-electron chi connectivity index (χ1n) is 7.01. The minimum atomic E-state index is -0.396. The largest absolute Gasteiger partial charge is 0.465 e. The Morgan fingerprint density at radius 1 is 1.35 bits per heavy atom. The molecule has 1 saturated carbocycles. The average molecular weight is 276 g/mol. The fourth-order valence-corrected chi connectivity index (χ4v) is 2.51. The van der Waals surface area contributed by atoms with E-state index >= 15 is 0 Å². The summed E-state index contributed by atoms with van der Waals surface area (Å²) < 4.78 is 4.66. The van der Waals surface area contributed by atoms with Crippen molar-refractivity contribution in [1.29, 1.82) is 0 Å². The van der Waals surface area contributed by atoms with Crippen LogP contribution in [-0.2, 0) is 16.1 Å². The Balaban J connectivity index is 1.90. The summed E-state index contributed by atoms with van der Waals surface area (Å²) in [5.41, 5.74) is 1.11. The van der Waals surface area contributed by atoms with E-state index in [0.717, 1.165) is 25.7 Å². The molecule has 0 unspecified atom stereocenters. The van der Waals surface area contributed by atoms with Gasteiger partial charge in [-0.15, -0.1) is 0 Å². The van der Waals surface area contributed by atoms with E-state index in [-0.39, 0.29) is 11.8 Å². The molecule has 5 nitrogen and oxygen atoms in total. The fraction of sp³-hybridized carbons (Fsp3) is 0.533. The van der Waals surface area contributed by atoms with Crippen LogP contribution in [0.4, 0.5) is 0 Å². The third-order valence-electron chi connectivity index (χ3n) is 3.66. The smallest absolute Gasteiger partial charge is 0.337 e. The number of rotatable bonds is 4. The number of aromatic nitrogens is 1. The van der Waals surface area contributed by atoms with Crippen LogP contribution in [0.1, 0.15) is 48.2 Å². The minimum absolute atomic E-state index is 0.0926. The van der Waals surface area contributed by atoms with E-state index in [1.807, 2.05) is 0 Å². The van der Waals surface area contributed by atoms with Crippen LogP contribution in [0, 0.1) is 5.92 Å². The molecule has 1 aliphatic rings. The van der Waals surface area contributed by atoms with Gasteiger partial charge in [-0.25, -0.2) is 4.79 Å². The highest BCUT2D eigenvalue weighted by Gasteiger charge is 2.20. The summed E-state index contributed by atoms with van der Waals surface area (Å²) in [5.74, 6) is -0.172. The van der Waals surface area contributed by atoms with Gasteiger partial charge in [0, 0.05) is 12.1 Å². The maximum Gasteiger partial charge on any atom is 0.337 e. The number of hydrogen-bond acceptors (Lipinski definition) is 4. The Bertz CT molecular complexity index is 482. The third-order valence-corrected chi connectivity index (χ3v) is 3.66. The van der Waals surface area contributed by atoms with Crippen molar-refractivity contribution in [2.24, 2.45) is 5.92 Å². The number of nitrogens with zero attached hydrogens (tertiary/aromatic N) is 1. The van der Waals surface area contributed by atoms with Crippen molar-refractivity contribution in [3.05, 3.63) is 29.6 Å². The topological polar surface area (TPSA) is 68.3 Å². The lowest BCUT2D eigenvalue weighted by Gasteiger charge is -2.20. The van der Waals surface area contributed by atoms with Gasteiger partial charge in [-0.05, 0) is 25.0 Å². The monoisotopic (exact) mass is 276 g/mol. The summed E-state index contributed by atoms with van der Waals surface area (Å²) in [6.07, 6.45) is 6.99. The number of ether oxygens (including phenoxy) is 1. The number of pyridine rings is 1. The zero-order valence-corrected chi connectivity index (χ0v) is 11.7. The summed E-state index contributed by atoms with van der Waals surface area (Å²) in [7, 11) is 1.34. The molecule has 0 aliphatic heterocycles. The maximum atomic E-state index is 12.0. The van der Waals surface area contributed by atoms with Gasteiger partial charge in [-0.1, -0.05) is 19.3 Å². The number of nitrogens with one attached hydrogen (secondary N) is 1. The predicted molar refractivity (Wildman–Crippen MR) is 74.0 cm³/mol. The van der Waals surface area contributed by atoms with Gasteiger partial charge < -0.3 is 10.1 Å². The first kappa shape index (κ1) is 14.5. The molecule has 1 aromatic rings. The van der Waals surface area contributed by atoms with E-state index in [9.17, 15) is 9.59 Å². The zero-order valence-electron chi connectivity index (χ0n) is 11.7. The Kier molecular flexibility index (Phi) is 5.09. The predicted octanol–water partition coefficient (Wildman–Crippen LogP) is 2.06. The number of hydrogen-bond donors (Lipinski definition) is 1. The van der Waals surface area contributed by atoms with Crippen molar-refractivity contribution in [1.82, 2.24) is 10.3 Å². The molecule has 1 N–H and O–H groups in total. The zero-order chi connectivity index (χ0) is 14.4. The van der Waals surface area contributed by atoms with Gasteiger partial charge in [-0.2, -0.15) is 0 Å². The van der Waals surface area contributed by atoms with Gasteiger partial charge in [0.2, 0.25) is 5.91 Å². The lowest BCUT2D eigenvalue weighted by Crippen LogP contribution is -2.31. The van der Waals surface area contributed by atoms with Crippen LogP contribution in [-0.4, -0.2) is 24.0 Å². The van der Waals surface area contributed by atoms with Crippen LogP contribution in [0.15, 0.2) is 18.3 Å². The first-order valence-corrected chi connectivity index (χ1v) is 7.01. The lowest BCUT2D eigenvalue weighted by molar-refractivity contribution is -0.126. The Morgan fingerprint density at radius 3 is 2.80 bits per heavy atom. The molecule has 1 aromatic heterocycles. The molecule has 0 aromatic carbocycles. The number of carbonyl (C=O) groups excluding carboxylic acids is 2. The van der Waals surface area contributed by atoms with Gasteiger partial charge in [0.25, 0.3) is 0 Å². The highest BCUT2D eigenvalue weighted by molar-refractivity contribution is 5.89. The first-order chi connectivity index (χ1) is 9.70. The van der Waals surface area contributed by atoms with E-state index in [1.165, 1.54) is 13.5 Å². The Labute approximate surface area is 118 Å². The number of amides is 1. The van der Waals surface area contributed by atoms with Crippen LogP contribution in [0.25, 0.3) is 0 Å². The van der Waals surface area contributed by atoms with Gasteiger partial charge in [0.15, 0.2) is 0 Å². The molecule has 1 fully saturated rings. The van der Waals surface area contributed by atoms with Crippen LogP contribution in [0.2, 0.25) is 0 Å². The van der Waals surface area contributed by atoms with E-state index in [2.05, 4.69) is 15.0 Å². The molecule has 5 heteroatoms. The molecular formula is C15H20N2O3. The summed E-state index contributed by atoms with van der Waals surface area (Å²) in [5, 5.41) is 2.90. The molecule has 108 valence electrons. The van der Waals surface area contributed by atoms with Gasteiger partial charge >= 0.3 is 5.97 Å². The standard InChI is InChI=1S/C15H20N2O3/c1-20-15(19)12-7-8-16-13(9-12)10-17-14(18)11-5-3-2-4-6-11/h7-9,11H,2-6,10H2,1H3,(H,17,18). The quantitative estimate of drug-likeness (QED) is 0.855. The normalized spacial score (nSPS) is 15.7. The van der Waals surface area contributed by atoms with Crippen LogP contribution >= 0.6 is 0 Å². The number of methoxy groups -OCH3 is 1. The molecule has 0 bridgehead atoms. The maximum absolute atomic E-state index is 12.0. The molecule has 0 atom stereocenters. The molecule has 0 radical (unpaired) electrons. The second kappa shape index (κ2) is 7.03. The lowest BCUT2D eigenvalue weighted by atomic mass is 9.89. The highest BCUT2D eigenvalue weighted by Crippen LogP contribution is 2.23. The third kappa shape index (κ3) is 3.79.